The zero-order chi connectivity index (χ0) is 17.0. The fraction of sp³-hybridized carbons (Fsp3) is 0.444. The number of hydrogen-bond acceptors (Lipinski definition) is 3. The fourth-order valence-electron chi connectivity index (χ4n) is 2.55. The number of carbonyl (C=O) groups is 2. The summed E-state index contributed by atoms with van der Waals surface area (Å²) in [6.45, 7) is 8.97. The Labute approximate surface area is 136 Å². The third kappa shape index (κ3) is 3.92. The Kier molecular flexibility index (Phi) is 5.42. The van der Waals surface area contributed by atoms with Crippen molar-refractivity contribution in [3.05, 3.63) is 35.1 Å². The number of rotatable bonds is 6. The Morgan fingerprint density at radius 1 is 1.17 bits per heavy atom. The van der Waals surface area contributed by atoms with Crippen molar-refractivity contribution in [2.45, 2.75) is 34.1 Å². The molecule has 0 saturated heterocycles. The molecular formula is C18H24N2O3. The second-order valence-corrected chi connectivity index (χ2v) is 5.73. The van der Waals surface area contributed by atoms with Crippen molar-refractivity contribution in [3.8, 4) is 0 Å². The van der Waals surface area contributed by atoms with Gasteiger partial charge in [-0.25, -0.2) is 0 Å². The number of hydrogen-bond donors (Lipinski definition) is 1. The molecule has 2 rings (SSSR count). The summed E-state index contributed by atoms with van der Waals surface area (Å²) < 4.78 is 5.57. The van der Waals surface area contributed by atoms with Gasteiger partial charge in [0.05, 0.1) is 19.2 Å². The number of carbonyl (C=O) groups excluding carboxylic acids is 2. The molecule has 0 fully saturated rings. The van der Waals surface area contributed by atoms with E-state index in [0.29, 0.717) is 13.1 Å². The first-order valence-electron chi connectivity index (χ1n) is 7.98. The quantitative estimate of drug-likeness (QED) is 0.891. The van der Waals surface area contributed by atoms with E-state index in [1.54, 1.807) is 11.2 Å². The predicted octanol–water partition coefficient (Wildman–Crippen LogP) is 2.58. The molecule has 0 unspecified atom stereocenters. The number of nitrogens with zero attached hydrogens (tertiary/aromatic N) is 1. The lowest BCUT2D eigenvalue weighted by molar-refractivity contribution is -0.135. The van der Waals surface area contributed by atoms with Crippen LogP contribution in [0.1, 0.15) is 30.5 Å². The van der Waals surface area contributed by atoms with Gasteiger partial charge >= 0.3 is 0 Å². The first-order chi connectivity index (χ1) is 11.0. The van der Waals surface area contributed by atoms with E-state index in [9.17, 15) is 9.59 Å². The fourth-order valence-corrected chi connectivity index (χ4v) is 2.55. The van der Waals surface area contributed by atoms with Crippen LogP contribution in [0.15, 0.2) is 22.8 Å². The second-order valence-electron chi connectivity index (χ2n) is 5.73. The zero-order valence-electron chi connectivity index (χ0n) is 14.2. The summed E-state index contributed by atoms with van der Waals surface area (Å²) in [7, 11) is 0. The van der Waals surface area contributed by atoms with Gasteiger partial charge in [0.25, 0.3) is 0 Å². The first kappa shape index (κ1) is 17.1. The lowest BCUT2D eigenvalue weighted by atomic mass is 10.0. The molecular weight excluding hydrogens is 292 g/mol. The Morgan fingerprint density at radius 2 is 1.87 bits per heavy atom. The summed E-state index contributed by atoms with van der Waals surface area (Å²) in [4.78, 5) is 25.7. The van der Waals surface area contributed by atoms with Gasteiger partial charge in [-0.3, -0.25) is 9.59 Å². The topological polar surface area (TPSA) is 62.6 Å². The molecule has 5 heteroatoms. The first-order valence-corrected chi connectivity index (χ1v) is 7.98. The Bertz CT molecular complexity index is 718. The molecule has 0 atom stereocenters. The van der Waals surface area contributed by atoms with E-state index in [4.69, 9.17) is 4.42 Å². The smallest absolute Gasteiger partial charge is 0.239 e. The van der Waals surface area contributed by atoms with Crippen molar-refractivity contribution >= 4 is 22.8 Å². The third-order valence-electron chi connectivity index (χ3n) is 4.05. The molecule has 1 N–H and O–H groups in total. The largest absolute Gasteiger partial charge is 0.464 e. The van der Waals surface area contributed by atoms with Crippen LogP contribution < -0.4 is 5.32 Å². The molecule has 23 heavy (non-hydrogen) atoms. The Morgan fingerprint density at radius 3 is 2.52 bits per heavy atom. The second kappa shape index (κ2) is 7.31. The van der Waals surface area contributed by atoms with Crippen LogP contribution in [0.4, 0.5) is 0 Å². The lowest BCUT2D eigenvalue weighted by Gasteiger charge is -2.20. The Hall–Kier alpha value is -2.30. The maximum atomic E-state index is 12.5. The standard InChI is InChI=1S/C18H24N2O3/c1-5-19-17(21)10-20(6-2)18(22)9-14-11-23-16-8-13(4)12(3)7-15(14)16/h7-8,11H,5-6,9-10H2,1-4H3,(H,19,21). The molecule has 0 spiro atoms. The van der Waals surface area contributed by atoms with Crippen LogP contribution in [0, 0.1) is 13.8 Å². The molecule has 0 radical (unpaired) electrons. The summed E-state index contributed by atoms with van der Waals surface area (Å²) in [5.74, 6) is -0.203. The van der Waals surface area contributed by atoms with E-state index in [1.165, 1.54) is 5.56 Å². The van der Waals surface area contributed by atoms with Crippen molar-refractivity contribution < 1.29 is 14.0 Å². The molecule has 2 amide bonds. The molecule has 0 saturated carbocycles. The maximum absolute atomic E-state index is 12.5. The summed E-state index contributed by atoms with van der Waals surface area (Å²) >= 11 is 0. The molecule has 5 nitrogen and oxygen atoms in total. The van der Waals surface area contributed by atoms with Gasteiger partial charge in [-0.15, -0.1) is 0 Å². The molecule has 2 aromatic rings. The van der Waals surface area contributed by atoms with Gasteiger partial charge in [-0.05, 0) is 51.0 Å². The van der Waals surface area contributed by atoms with Crippen LogP contribution in [-0.4, -0.2) is 36.3 Å². The molecule has 1 aromatic carbocycles. The van der Waals surface area contributed by atoms with Gasteiger partial charge in [-0.2, -0.15) is 0 Å². The third-order valence-corrected chi connectivity index (χ3v) is 4.05. The molecule has 124 valence electrons. The summed E-state index contributed by atoms with van der Waals surface area (Å²) in [6.07, 6.45) is 1.88. The van der Waals surface area contributed by atoms with Crippen LogP contribution in [0.5, 0.6) is 0 Å². The van der Waals surface area contributed by atoms with Gasteiger partial charge in [0.1, 0.15) is 5.58 Å². The van der Waals surface area contributed by atoms with E-state index >= 15 is 0 Å². The molecule has 0 bridgehead atoms. The molecule has 1 aromatic heterocycles. The van der Waals surface area contributed by atoms with Gasteiger partial charge in [-0.1, -0.05) is 0 Å². The van der Waals surface area contributed by atoms with E-state index in [0.717, 1.165) is 22.1 Å². The van der Waals surface area contributed by atoms with Gasteiger partial charge in [0.15, 0.2) is 0 Å². The highest BCUT2D eigenvalue weighted by molar-refractivity contribution is 5.90. The number of amides is 2. The van der Waals surface area contributed by atoms with Crippen molar-refractivity contribution in [2.24, 2.45) is 0 Å². The highest BCUT2D eigenvalue weighted by Gasteiger charge is 2.18. The van der Waals surface area contributed by atoms with Crippen LogP contribution >= 0.6 is 0 Å². The SMILES string of the molecule is CCNC(=O)CN(CC)C(=O)Cc1coc2cc(C)c(C)cc12. The van der Waals surface area contributed by atoms with Gasteiger partial charge < -0.3 is 14.6 Å². The number of furan rings is 1. The monoisotopic (exact) mass is 316 g/mol. The molecule has 0 aliphatic rings. The number of nitrogens with one attached hydrogen (secondary N) is 1. The van der Waals surface area contributed by atoms with Crippen molar-refractivity contribution in [2.75, 3.05) is 19.6 Å². The minimum absolute atomic E-state index is 0.0697. The number of aryl methyl sites for hydroxylation is 2. The van der Waals surface area contributed by atoms with Crippen LogP contribution in [0.3, 0.4) is 0 Å². The van der Waals surface area contributed by atoms with Crippen molar-refractivity contribution in [1.29, 1.82) is 0 Å². The average Bonchev–Trinajstić information content (AvgIpc) is 2.87. The van der Waals surface area contributed by atoms with Crippen LogP contribution in [0.2, 0.25) is 0 Å². The minimum Gasteiger partial charge on any atom is -0.464 e. The van der Waals surface area contributed by atoms with Crippen LogP contribution in [0.25, 0.3) is 11.0 Å². The molecule has 0 aliphatic heterocycles. The van der Waals surface area contributed by atoms with E-state index in [2.05, 4.69) is 11.4 Å². The summed E-state index contributed by atoms with van der Waals surface area (Å²) in [5.41, 5.74) is 3.99. The summed E-state index contributed by atoms with van der Waals surface area (Å²) in [5, 5.41) is 3.68. The summed E-state index contributed by atoms with van der Waals surface area (Å²) in [6, 6.07) is 4.04. The van der Waals surface area contributed by atoms with E-state index in [-0.39, 0.29) is 24.8 Å². The number of benzene rings is 1. The van der Waals surface area contributed by atoms with E-state index in [1.807, 2.05) is 33.8 Å². The van der Waals surface area contributed by atoms with E-state index < -0.39 is 0 Å². The number of fused-ring (bicyclic) bond motifs is 1. The predicted molar refractivity (Wildman–Crippen MR) is 90.3 cm³/mol. The number of likely N-dealkylation sites (N-methyl/N-ethyl adjacent to an activating group) is 2. The highest BCUT2D eigenvalue weighted by atomic mass is 16.3. The zero-order valence-corrected chi connectivity index (χ0v) is 14.2. The average molecular weight is 316 g/mol. The highest BCUT2D eigenvalue weighted by Crippen LogP contribution is 2.25. The Balaban J connectivity index is 2.15. The lowest BCUT2D eigenvalue weighted by Crippen LogP contribution is -2.41. The van der Waals surface area contributed by atoms with Crippen molar-refractivity contribution in [3.63, 3.8) is 0 Å². The minimum atomic E-state index is -0.133. The van der Waals surface area contributed by atoms with Crippen molar-refractivity contribution in [1.82, 2.24) is 10.2 Å². The maximum Gasteiger partial charge on any atom is 0.239 e. The van der Waals surface area contributed by atoms with Gasteiger partial charge in [0.2, 0.25) is 11.8 Å². The molecule has 0 aliphatic carbocycles. The molecule has 1 heterocycles. The normalized spacial score (nSPS) is 10.8. The van der Waals surface area contributed by atoms with Gasteiger partial charge in [0, 0.05) is 24.0 Å². The van der Waals surface area contributed by atoms with Crippen LogP contribution in [-0.2, 0) is 16.0 Å².